The second-order valence-electron chi connectivity index (χ2n) is 6.05. The lowest BCUT2D eigenvalue weighted by Gasteiger charge is -2.10. The van der Waals surface area contributed by atoms with Crippen LogP contribution in [0.25, 0.3) is 0 Å². The summed E-state index contributed by atoms with van der Waals surface area (Å²) in [7, 11) is 0. The second kappa shape index (κ2) is 8.85. The normalized spacial score (nSPS) is 10.3. The lowest BCUT2D eigenvalue weighted by atomic mass is 10.1. The van der Waals surface area contributed by atoms with E-state index in [1.54, 1.807) is 18.5 Å². The van der Waals surface area contributed by atoms with Crippen LogP contribution in [0.15, 0.2) is 67.0 Å². The van der Waals surface area contributed by atoms with Crippen LogP contribution in [0.4, 0.5) is 17.1 Å². The van der Waals surface area contributed by atoms with E-state index >= 15 is 0 Å². The third kappa shape index (κ3) is 5.07. The van der Waals surface area contributed by atoms with Crippen molar-refractivity contribution in [1.82, 2.24) is 4.98 Å². The molecule has 2 aromatic carbocycles. The Balaban J connectivity index is 1.67. The fraction of sp³-hybridized carbons (Fsp3) is 0.182. The van der Waals surface area contributed by atoms with Crippen molar-refractivity contribution in [3.63, 3.8) is 0 Å². The molecule has 0 aliphatic heterocycles. The summed E-state index contributed by atoms with van der Waals surface area (Å²) in [6.07, 6.45) is 4.25. The average Bonchev–Trinajstić information content (AvgIpc) is 2.70. The number of nitrogens with zero attached hydrogens (tertiary/aromatic N) is 1. The first-order valence-corrected chi connectivity index (χ1v) is 9.03. The Bertz CT molecular complexity index is 890. The molecule has 1 aromatic heterocycles. The summed E-state index contributed by atoms with van der Waals surface area (Å²) in [4.78, 5) is 16.7. The number of benzene rings is 2. The van der Waals surface area contributed by atoms with Gasteiger partial charge in [0.1, 0.15) is 5.75 Å². The Morgan fingerprint density at radius 3 is 2.30 bits per heavy atom. The van der Waals surface area contributed by atoms with Crippen molar-refractivity contribution in [2.75, 3.05) is 17.2 Å². The van der Waals surface area contributed by atoms with Gasteiger partial charge in [-0.2, -0.15) is 0 Å². The van der Waals surface area contributed by atoms with Crippen LogP contribution in [0.1, 0.15) is 29.8 Å². The predicted molar refractivity (Wildman–Crippen MR) is 109 cm³/mol. The Kier molecular flexibility index (Phi) is 6.05. The van der Waals surface area contributed by atoms with Crippen molar-refractivity contribution in [3.05, 3.63) is 78.1 Å². The summed E-state index contributed by atoms with van der Waals surface area (Å²) in [5, 5.41) is 6.15. The molecule has 5 nitrogen and oxygen atoms in total. The van der Waals surface area contributed by atoms with Gasteiger partial charge >= 0.3 is 0 Å². The largest absolute Gasteiger partial charge is 0.494 e. The molecule has 2 N–H and O–H groups in total. The van der Waals surface area contributed by atoms with E-state index in [0.29, 0.717) is 17.9 Å². The van der Waals surface area contributed by atoms with E-state index in [4.69, 9.17) is 4.74 Å². The number of aryl methyl sites for hydroxylation is 1. The zero-order valence-electron chi connectivity index (χ0n) is 15.5. The fourth-order valence-electron chi connectivity index (χ4n) is 2.63. The molecule has 0 fully saturated rings. The Hall–Kier alpha value is -3.34. The monoisotopic (exact) mass is 361 g/mol. The van der Waals surface area contributed by atoms with Crippen LogP contribution in [-0.4, -0.2) is 17.5 Å². The number of anilines is 3. The minimum Gasteiger partial charge on any atom is -0.494 e. The number of carbonyl (C=O) groups excluding carboxylic acids is 1. The maximum absolute atomic E-state index is 12.5. The van der Waals surface area contributed by atoms with Gasteiger partial charge in [-0.3, -0.25) is 9.78 Å². The predicted octanol–water partition coefficient (Wildman–Crippen LogP) is 5.04. The van der Waals surface area contributed by atoms with Crippen molar-refractivity contribution in [2.24, 2.45) is 0 Å². The van der Waals surface area contributed by atoms with Gasteiger partial charge in [-0.1, -0.05) is 19.1 Å². The first-order chi connectivity index (χ1) is 13.2. The van der Waals surface area contributed by atoms with Crippen molar-refractivity contribution >= 4 is 23.0 Å². The number of ether oxygens (including phenoxy) is 1. The molecule has 0 saturated carbocycles. The van der Waals surface area contributed by atoms with Crippen molar-refractivity contribution in [2.45, 2.75) is 20.3 Å². The topological polar surface area (TPSA) is 63.2 Å². The number of pyridine rings is 1. The van der Waals surface area contributed by atoms with E-state index < -0.39 is 0 Å². The smallest absolute Gasteiger partial charge is 0.257 e. The number of hydrogen-bond donors (Lipinski definition) is 2. The van der Waals surface area contributed by atoms with Crippen LogP contribution in [0.5, 0.6) is 5.75 Å². The number of nitrogens with one attached hydrogen (secondary N) is 2. The molecule has 5 heteroatoms. The van der Waals surface area contributed by atoms with Gasteiger partial charge in [0.05, 0.1) is 24.1 Å². The fourth-order valence-corrected chi connectivity index (χ4v) is 2.63. The Labute approximate surface area is 159 Å². The molecule has 138 valence electrons. The summed E-state index contributed by atoms with van der Waals surface area (Å²) < 4.78 is 5.41. The molecule has 0 atom stereocenters. The third-order valence-corrected chi connectivity index (χ3v) is 4.07. The van der Waals surface area contributed by atoms with Gasteiger partial charge in [0, 0.05) is 17.6 Å². The summed E-state index contributed by atoms with van der Waals surface area (Å²) in [6, 6.07) is 17.3. The summed E-state index contributed by atoms with van der Waals surface area (Å²) in [5.41, 5.74) is 4.19. The molecule has 3 rings (SSSR count). The van der Waals surface area contributed by atoms with Crippen LogP contribution in [0, 0.1) is 0 Å². The maximum Gasteiger partial charge on any atom is 0.257 e. The van der Waals surface area contributed by atoms with Crippen molar-refractivity contribution in [1.29, 1.82) is 0 Å². The highest BCUT2D eigenvalue weighted by Gasteiger charge is 2.08. The average molecular weight is 361 g/mol. The van der Waals surface area contributed by atoms with Crippen LogP contribution in [0.3, 0.4) is 0 Å². The minimum absolute atomic E-state index is 0.211. The van der Waals surface area contributed by atoms with Gasteiger partial charge < -0.3 is 15.4 Å². The van der Waals surface area contributed by atoms with Gasteiger partial charge in [0.15, 0.2) is 0 Å². The Morgan fingerprint density at radius 1 is 0.926 bits per heavy atom. The summed E-state index contributed by atoms with van der Waals surface area (Å²) in [5.74, 6) is 0.564. The number of amides is 1. The minimum atomic E-state index is -0.211. The number of aromatic nitrogens is 1. The molecular formula is C22H23N3O2. The zero-order valence-corrected chi connectivity index (χ0v) is 15.5. The van der Waals surface area contributed by atoms with Crippen LogP contribution < -0.4 is 15.4 Å². The van der Waals surface area contributed by atoms with Crippen molar-refractivity contribution < 1.29 is 9.53 Å². The molecule has 0 aliphatic rings. The van der Waals surface area contributed by atoms with Gasteiger partial charge in [-0.15, -0.1) is 0 Å². The van der Waals surface area contributed by atoms with E-state index in [2.05, 4.69) is 34.7 Å². The first-order valence-electron chi connectivity index (χ1n) is 9.03. The molecule has 1 amide bonds. The molecule has 0 unspecified atom stereocenters. The molecule has 0 bridgehead atoms. The number of rotatable bonds is 7. The lowest BCUT2D eigenvalue weighted by molar-refractivity contribution is 0.102. The molecule has 27 heavy (non-hydrogen) atoms. The highest BCUT2D eigenvalue weighted by Crippen LogP contribution is 2.19. The highest BCUT2D eigenvalue weighted by molar-refractivity contribution is 6.04. The van der Waals surface area contributed by atoms with Crippen LogP contribution in [0.2, 0.25) is 0 Å². The standard InChI is InChI=1S/C22H23N3O2/c1-3-16-5-7-18(8-6-16)24-20-13-17(14-23-15-20)22(26)25-19-9-11-21(12-10-19)27-4-2/h5-15,24H,3-4H2,1-2H3,(H,25,26). The van der Waals surface area contributed by atoms with E-state index in [0.717, 1.165) is 23.5 Å². The van der Waals surface area contributed by atoms with E-state index in [1.165, 1.54) is 5.56 Å². The lowest BCUT2D eigenvalue weighted by Crippen LogP contribution is -2.12. The van der Waals surface area contributed by atoms with Gasteiger partial charge in [-0.05, 0) is 61.4 Å². The van der Waals surface area contributed by atoms with E-state index in [-0.39, 0.29) is 5.91 Å². The summed E-state index contributed by atoms with van der Waals surface area (Å²) in [6.45, 7) is 4.67. The van der Waals surface area contributed by atoms with Gasteiger partial charge in [0.2, 0.25) is 0 Å². The van der Waals surface area contributed by atoms with Crippen LogP contribution >= 0.6 is 0 Å². The van der Waals surface area contributed by atoms with Crippen LogP contribution in [-0.2, 0) is 6.42 Å². The summed E-state index contributed by atoms with van der Waals surface area (Å²) >= 11 is 0. The van der Waals surface area contributed by atoms with E-state index in [9.17, 15) is 4.79 Å². The molecule has 1 heterocycles. The highest BCUT2D eigenvalue weighted by atomic mass is 16.5. The third-order valence-electron chi connectivity index (χ3n) is 4.07. The van der Waals surface area contributed by atoms with Crippen molar-refractivity contribution in [3.8, 4) is 5.75 Å². The number of hydrogen-bond acceptors (Lipinski definition) is 4. The quantitative estimate of drug-likeness (QED) is 0.619. The SMILES string of the molecule is CCOc1ccc(NC(=O)c2cncc(Nc3ccc(CC)cc3)c2)cc1. The Morgan fingerprint density at radius 2 is 1.63 bits per heavy atom. The zero-order chi connectivity index (χ0) is 19.1. The first kappa shape index (κ1) is 18.5. The maximum atomic E-state index is 12.5. The molecule has 0 aliphatic carbocycles. The molecule has 0 radical (unpaired) electrons. The molecule has 3 aromatic rings. The van der Waals surface area contributed by atoms with Gasteiger partial charge in [-0.25, -0.2) is 0 Å². The number of carbonyl (C=O) groups is 1. The molecular weight excluding hydrogens is 338 g/mol. The second-order valence-corrected chi connectivity index (χ2v) is 6.05. The van der Waals surface area contributed by atoms with E-state index in [1.807, 2.05) is 43.3 Å². The van der Waals surface area contributed by atoms with Gasteiger partial charge in [0.25, 0.3) is 5.91 Å². The molecule has 0 spiro atoms. The molecule has 0 saturated heterocycles.